The van der Waals surface area contributed by atoms with Gasteiger partial charge in [0.15, 0.2) is 0 Å². The van der Waals surface area contributed by atoms with Gasteiger partial charge in [0.25, 0.3) is 0 Å². The third-order valence-electron chi connectivity index (χ3n) is 13.5. The summed E-state index contributed by atoms with van der Waals surface area (Å²) in [6, 6.07) is 0. The Bertz CT molecular complexity index is 766. The molecule has 0 amide bonds. The van der Waals surface area contributed by atoms with E-state index in [1.165, 1.54) is 57.8 Å². The molecule has 1 nitrogen and oxygen atoms in total. The van der Waals surface area contributed by atoms with E-state index in [-0.39, 0.29) is 0 Å². The van der Waals surface area contributed by atoms with Gasteiger partial charge in [-0.15, -0.1) is 0 Å². The van der Waals surface area contributed by atoms with Crippen LogP contribution in [0.2, 0.25) is 0 Å². The zero-order valence-corrected chi connectivity index (χ0v) is 22.3. The molecule has 5 rings (SSSR count). The van der Waals surface area contributed by atoms with Crippen molar-refractivity contribution in [3.05, 3.63) is 12.2 Å². The minimum Gasteiger partial charge on any atom is -0.396 e. The first kappa shape index (κ1) is 23.4. The predicted molar refractivity (Wildman–Crippen MR) is 135 cm³/mol. The van der Waals surface area contributed by atoms with E-state index < -0.39 is 0 Å². The van der Waals surface area contributed by atoms with Gasteiger partial charge in [0, 0.05) is 6.61 Å². The summed E-state index contributed by atoms with van der Waals surface area (Å²) in [7, 11) is 0. The number of aliphatic hydroxyl groups is 1. The lowest BCUT2D eigenvalue weighted by molar-refractivity contribution is -0.198. The van der Waals surface area contributed by atoms with Crippen molar-refractivity contribution in [2.24, 2.45) is 62.6 Å². The van der Waals surface area contributed by atoms with Gasteiger partial charge < -0.3 is 5.11 Å². The van der Waals surface area contributed by atoms with E-state index in [1.54, 1.807) is 0 Å². The minimum absolute atomic E-state index is 0.345. The van der Waals surface area contributed by atoms with Crippen LogP contribution in [0.1, 0.15) is 113 Å². The second kappa shape index (κ2) is 7.35. The Morgan fingerprint density at radius 3 is 2.28 bits per heavy atom. The molecule has 1 heteroatoms. The van der Waals surface area contributed by atoms with Gasteiger partial charge >= 0.3 is 0 Å². The molecule has 0 radical (unpaired) electrons. The Balaban J connectivity index is 1.51. The zero-order chi connectivity index (χ0) is 23.2. The first-order valence-electron chi connectivity index (χ1n) is 14.2. The highest BCUT2D eigenvalue weighted by Crippen LogP contribution is 2.76. The van der Waals surface area contributed by atoms with Gasteiger partial charge in [0.1, 0.15) is 0 Å². The highest BCUT2D eigenvalue weighted by molar-refractivity contribution is 5.26. The number of rotatable bonds is 3. The molecule has 32 heavy (non-hydrogen) atoms. The molecule has 0 aromatic carbocycles. The van der Waals surface area contributed by atoms with Gasteiger partial charge in [0.05, 0.1) is 0 Å². The van der Waals surface area contributed by atoms with Gasteiger partial charge in [0.2, 0.25) is 0 Å². The summed E-state index contributed by atoms with van der Waals surface area (Å²) in [5, 5.41) is 9.60. The Kier molecular flexibility index (Phi) is 5.38. The minimum atomic E-state index is 0.345. The molecule has 4 fully saturated rings. The van der Waals surface area contributed by atoms with Crippen LogP contribution in [0.25, 0.3) is 0 Å². The van der Waals surface area contributed by atoms with Crippen LogP contribution in [0, 0.1) is 62.6 Å². The number of hydrogen-bond acceptors (Lipinski definition) is 1. The molecule has 0 saturated heterocycles. The zero-order valence-electron chi connectivity index (χ0n) is 22.3. The molecule has 0 bridgehead atoms. The van der Waals surface area contributed by atoms with Crippen molar-refractivity contribution in [3.8, 4) is 0 Å². The van der Waals surface area contributed by atoms with Crippen LogP contribution in [0.4, 0.5) is 0 Å². The van der Waals surface area contributed by atoms with Crippen LogP contribution in [-0.4, -0.2) is 11.7 Å². The third-order valence-corrected chi connectivity index (χ3v) is 13.5. The Hall–Kier alpha value is -0.300. The second-order valence-corrected chi connectivity index (χ2v) is 14.9. The highest BCUT2D eigenvalue weighted by atomic mass is 16.3. The summed E-state index contributed by atoms with van der Waals surface area (Å²) in [6.45, 7) is 18.7. The maximum absolute atomic E-state index is 9.60. The largest absolute Gasteiger partial charge is 0.396 e. The predicted octanol–water partition coefficient (Wildman–Crippen LogP) is 8.27. The van der Waals surface area contributed by atoms with Gasteiger partial charge in [-0.2, -0.15) is 0 Å². The van der Waals surface area contributed by atoms with Gasteiger partial charge in [-0.3, -0.25) is 0 Å². The van der Waals surface area contributed by atoms with Crippen molar-refractivity contribution in [2.75, 3.05) is 6.61 Å². The molecule has 5 aliphatic rings. The Morgan fingerprint density at radius 2 is 1.56 bits per heavy atom. The van der Waals surface area contributed by atoms with Crippen LogP contribution in [-0.2, 0) is 0 Å². The summed E-state index contributed by atoms with van der Waals surface area (Å²) in [5.41, 5.74) is 2.21. The van der Waals surface area contributed by atoms with Crippen LogP contribution in [0.5, 0.6) is 0 Å². The fourth-order valence-corrected chi connectivity index (χ4v) is 11.7. The molecule has 0 aromatic heterocycles. The van der Waals surface area contributed by atoms with Crippen molar-refractivity contribution in [3.63, 3.8) is 0 Å². The fourth-order valence-electron chi connectivity index (χ4n) is 11.7. The molecule has 5 aliphatic carbocycles. The quantitative estimate of drug-likeness (QED) is 0.438. The summed E-state index contributed by atoms with van der Waals surface area (Å²) >= 11 is 0. The van der Waals surface area contributed by atoms with Crippen molar-refractivity contribution in [1.29, 1.82) is 0 Å². The second-order valence-electron chi connectivity index (χ2n) is 14.9. The third kappa shape index (κ3) is 2.85. The van der Waals surface area contributed by atoms with E-state index in [4.69, 9.17) is 0 Å². The van der Waals surface area contributed by atoms with Gasteiger partial charge in [-0.05, 0) is 120 Å². The van der Waals surface area contributed by atoms with Crippen LogP contribution in [0.3, 0.4) is 0 Å². The van der Waals surface area contributed by atoms with Gasteiger partial charge in [-0.25, -0.2) is 0 Å². The van der Waals surface area contributed by atoms with E-state index in [0.29, 0.717) is 39.6 Å². The molecule has 0 spiro atoms. The standard InChI is InChI=1S/C31H52O/c1-21(14-20-32)22-11-17-28(4)23(22)12-18-30(6)25(28)9-10-26-29(5)16-8-15-27(2,3)24(29)13-19-31(26,30)7/h13,19,21-26,32H,8-12,14-18,20H2,1-7H3. The van der Waals surface area contributed by atoms with Crippen LogP contribution < -0.4 is 0 Å². The van der Waals surface area contributed by atoms with Crippen molar-refractivity contribution < 1.29 is 5.11 Å². The van der Waals surface area contributed by atoms with Crippen molar-refractivity contribution in [2.45, 2.75) is 113 Å². The molecule has 0 aromatic rings. The normalized spacial score (nSPS) is 54.8. The molecule has 10 atom stereocenters. The first-order valence-corrected chi connectivity index (χ1v) is 14.2. The fraction of sp³-hybridized carbons (Fsp3) is 0.935. The number of aliphatic hydroxyl groups excluding tert-OH is 1. The molecule has 0 heterocycles. The summed E-state index contributed by atoms with van der Waals surface area (Å²) in [5.74, 6) is 4.86. The number of fused-ring (bicyclic) bond motifs is 7. The number of hydrogen-bond donors (Lipinski definition) is 1. The summed E-state index contributed by atoms with van der Waals surface area (Å²) in [6.07, 6.45) is 19.3. The molecule has 10 unspecified atom stereocenters. The van der Waals surface area contributed by atoms with E-state index >= 15 is 0 Å². The van der Waals surface area contributed by atoms with Crippen molar-refractivity contribution in [1.82, 2.24) is 0 Å². The van der Waals surface area contributed by atoms with E-state index in [0.717, 1.165) is 36.0 Å². The molecule has 182 valence electrons. The molecule has 0 aliphatic heterocycles. The molecule has 4 saturated carbocycles. The maximum Gasteiger partial charge on any atom is 0.0433 e. The van der Waals surface area contributed by atoms with E-state index in [2.05, 4.69) is 60.6 Å². The highest BCUT2D eigenvalue weighted by Gasteiger charge is 2.69. The number of allylic oxidation sites excluding steroid dienone is 2. The Labute approximate surface area is 199 Å². The summed E-state index contributed by atoms with van der Waals surface area (Å²) < 4.78 is 0. The Morgan fingerprint density at radius 1 is 0.844 bits per heavy atom. The SMILES string of the molecule is CC(CCO)C1CCC2(C)C1CCC1(C)C2CCC2C3(C)CCCC(C)(C)C3C=CC21C. The molecule has 1 N–H and O–H groups in total. The van der Waals surface area contributed by atoms with E-state index in [9.17, 15) is 5.11 Å². The average Bonchev–Trinajstić information content (AvgIpc) is 3.05. The van der Waals surface area contributed by atoms with Gasteiger partial charge in [-0.1, -0.05) is 67.0 Å². The average molecular weight is 441 g/mol. The van der Waals surface area contributed by atoms with Crippen LogP contribution in [0.15, 0.2) is 12.2 Å². The monoisotopic (exact) mass is 440 g/mol. The lowest BCUT2D eigenvalue weighted by atomic mass is 9.33. The smallest absolute Gasteiger partial charge is 0.0433 e. The molecular weight excluding hydrogens is 388 g/mol. The van der Waals surface area contributed by atoms with E-state index in [1.807, 2.05) is 0 Å². The summed E-state index contributed by atoms with van der Waals surface area (Å²) in [4.78, 5) is 0. The topological polar surface area (TPSA) is 20.2 Å². The lowest BCUT2D eigenvalue weighted by Gasteiger charge is -2.71. The first-order chi connectivity index (χ1) is 14.9. The maximum atomic E-state index is 9.60. The lowest BCUT2D eigenvalue weighted by Crippen LogP contribution is -2.64. The van der Waals surface area contributed by atoms with Crippen LogP contribution >= 0.6 is 0 Å². The molecular formula is C31H52O. The van der Waals surface area contributed by atoms with Crippen molar-refractivity contribution >= 4 is 0 Å².